The largest absolute Gasteiger partial charge is 0.377 e. The molecule has 0 aromatic carbocycles. The van der Waals surface area contributed by atoms with E-state index in [9.17, 15) is 0 Å². The van der Waals surface area contributed by atoms with Crippen molar-refractivity contribution < 1.29 is 4.74 Å². The van der Waals surface area contributed by atoms with Gasteiger partial charge in [0.15, 0.2) is 0 Å². The molecule has 0 spiro atoms. The lowest BCUT2D eigenvalue weighted by molar-refractivity contribution is 0.0667. The summed E-state index contributed by atoms with van der Waals surface area (Å²) in [5.41, 5.74) is 0. The Labute approximate surface area is 74.9 Å². The molecular formula is C10H19NO. The molecule has 0 unspecified atom stereocenters. The molecule has 2 nitrogen and oxygen atoms in total. The van der Waals surface area contributed by atoms with Crippen LogP contribution in [0.2, 0.25) is 0 Å². The van der Waals surface area contributed by atoms with Crippen molar-refractivity contribution in [2.24, 2.45) is 0 Å². The summed E-state index contributed by atoms with van der Waals surface area (Å²) in [4.78, 5) is 2.57. The van der Waals surface area contributed by atoms with Crippen LogP contribution in [0.3, 0.4) is 0 Å². The van der Waals surface area contributed by atoms with Gasteiger partial charge >= 0.3 is 0 Å². The van der Waals surface area contributed by atoms with E-state index in [1.54, 1.807) is 0 Å². The molecule has 2 rings (SSSR count). The smallest absolute Gasteiger partial charge is 0.0702 e. The lowest BCUT2D eigenvalue weighted by Gasteiger charge is -2.28. The maximum absolute atomic E-state index is 5.61. The van der Waals surface area contributed by atoms with Crippen LogP contribution < -0.4 is 0 Å². The highest BCUT2D eigenvalue weighted by Crippen LogP contribution is 2.16. The molecule has 0 saturated carbocycles. The van der Waals surface area contributed by atoms with Crippen molar-refractivity contribution in [2.75, 3.05) is 26.2 Å². The van der Waals surface area contributed by atoms with Crippen LogP contribution in [0.15, 0.2) is 0 Å². The molecule has 70 valence electrons. The quantitative estimate of drug-likeness (QED) is 0.623. The summed E-state index contributed by atoms with van der Waals surface area (Å²) in [5, 5.41) is 0. The Morgan fingerprint density at radius 3 is 2.58 bits per heavy atom. The number of hydrogen-bond donors (Lipinski definition) is 0. The molecule has 0 aliphatic carbocycles. The molecule has 0 N–H and O–H groups in total. The van der Waals surface area contributed by atoms with Crippen LogP contribution >= 0.6 is 0 Å². The van der Waals surface area contributed by atoms with Gasteiger partial charge in [0.05, 0.1) is 6.10 Å². The Morgan fingerprint density at radius 1 is 1.08 bits per heavy atom. The van der Waals surface area contributed by atoms with E-state index in [4.69, 9.17) is 4.74 Å². The summed E-state index contributed by atoms with van der Waals surface area (Å²) in [5.74, 6) is 0. The maximum Gasteiger partial charge on any atom is 0.0702 e. The Hall–Kier alpha value is -0.0800. The fourth-order valence-corrected chi connectivity index (χ4v) is 2.22. The Kier molecular flexibility index (Phi) is 3.01. The van der Waals surface area contributed by atoms with Crippen LogP contribution in [0.1, 0.15) is 32.1 Å². The van der Waals surface area contributed by atoms with Gasteiger partial charge in [0.25, 0.3) is 0 Å². The molecule has 0 bridgehead atoms. The number of piperidine rings is 1. The number of likely N-dealkylation sites (tertiary alicyclic amines) is 1. The highest BCUT2D eigenvalue weighted by molar-refractivity contribution is 4.72. The van der Waals surface area contributed by atoms with Gasteiger partial charge in [0, 0.05) is 13.2 Å². The summed E-state index contributed by atoms with van der Waals surface area (Å²) < 4.78 is 5.61. The van der Waals surface area contributed by atoms with Gasteiger partial charge in [-0.15, -0.1) is 0 Å². The van der Waals surface area contributed by atoms with Gasteiger partial charge in [-0.2, -0.15) is 0 Å². The standard InChI is InChI=1S/C10H19NO/c1-2-6-11(7-3-1)9-10-5-4-8-12-10/h10H,1-9H2/t10-/m0/s1. The first kappa shape index (κ1) is 8.52. The molecule has 0 radical (unpaired) electrons. The van der Waals surface area contributed by atoms with Gasteiger partial charge in [-0.1, -0.05) is 6.42 Å². The zero-order valence-electron chi connectivity index (χ0n) is 7.80. The van der Waals surface area contributed by atoms with E-state index in [1.807, 2.05) is 0 Å². The molecule has 0 amide bonds. The average molecular weight is 169 g/mol. The summed E-state index contributed by atoms with van der Waals surface area (Å²) in [6.45, 7) is 4.80. The lowest BCUT2D eigenvalue weighted by Crippen LogP contribution is -2.36. The first-order valence-corrected chi connectivity index (χ1v) is 5.29. The molecular weight excluding hydrogens is 150 g/mol. The fourth-order valence-electron chi connectivity index (χ4n) is 2.22. The van der Waals surface area contributed by atoms with E-state index in [-0.39, 0.29) is 0 Å². The molecule has 12 heavy (non-hydrogen) atoms. The molecule has 2 fully saturated rings. The van der Waals surface area contributed by atoms with E-state index in [1.165, 1.54) is 51.7 Å². The normalized spacial score (nSPS) is 32.5. The molecule has 2 heteroatoms. The van der Waals surface area contributed by atoms with Gasteiger partial charge in [-0.05, 0) is 38.8 Å². The third-order valence-corrected chi connectivity index (χ3v) is 2.93. The predicted molar refractivity (Wildman–Crippen MR) is 49.3 cm³/mol. The molecule has 2 heterocycles. The van der Waals surface area contributed by atoms with Crippen LogP contribution in [0, 0.1) is 0 Å². The maximum atomic E-state index is 5.61. The predicted octanol–water partition coefficient (Wildman–Crippen LogP) is 1.65. The van der Waals surface area contributed by atoms with Crippen LogP contribution in [0.4, 0.5) is 0 Å². The zero-order chi connectivity index (χ0) is 8.23. The first-order chi connectivity index (χ1) is 5.95. The number of rotatable bonds is 2. The van der Waals surface area contributed by atoms with Crippen LogP contribution in [0.5, 0.6) is 0 Å². The summed E-state index contributed by atoms with van der Waals surface area (Å²) in [7, 11) is 0. The van der Waals surface area contributed by atoms with Crippen LogP contribution in [-0.2, 0) is 4.74 Å². The monoisotopic (exact) mass is 169 g/mol. The lowest BCUT2D eigenvalue weighted by atomic mass is 10.1. The Bertz CT molecular complexity index is 126. The van der Waals surface area contributed by atoms with Crippen molar-refractivity contribution >= 4 is 0 Å². The van der Waals surface area contributed by atoms with Crippen molar-refractivity contribution in [3.8, 4) is 0 Å². The average Bonchev–Trinajstić information content (AvgIpc) is 2.59. The summed E-state index contributed by atoms with van der Waals surface area (Å²) in [6, 6.07) is 0. The second-order valence-electron chi connectivity index (χ2n) is 4.00. The highest BCUT2D eigenvalue weighted by atomic mass is 16.5. The van der Waals surface area contributed by atoms with E-state index in [0.29, 0.717) is 6.10 Å². The molecule has 0 aromatic rings. The highest BCUT2D eigenvalue weighted by Gasteiger charge is 2.19. The van der Waals surface area contributed by atoms with Crippen molar-refractivity contribution in [3.63, 3.8) is 0 Å². The minimum Gasteiger partial charge on any atom is -0.377 e. The Balaban J connectivity index is 1.69. The van der Waals surface area contributed by atoms with Gasteiger partial charge in [-0.3, -0.25) is 0 Å². The van der Waals surface area contributed by atoms with Gasteiger partial charge in [-0.25, -0.2) is 0 Å². The molecule has 2 aliphatic heterocycles. The number of nitrogens with zero attached hydrogens (tertiary/aromatic N) is 1. The van der Waals surface area contributed by atoms with Crippen molar-refractivity contribution in [3.05, 3.63) is 0 Å². The molecule has 1 atom stereocenters. The van der Waals surface area contributed by atoms with Crippen molar-refractivity contribution in [1.82, 2.24) is 4.90 Å². The van der Waals surface area contributed by atoms with Gasteiger partial charge < -0.3 is 9.64 Å². The fraction of sp³-hybridized carbons (Fsp3) is 1.00. The molecule has 2 aliphatic rings. The van der Waals surface area contributed by atoms with Crippen LogP contribution in [0.25, 0.3) is 0 Å². The second-order valence-corrected chi connectivity index (χ2v) is 4.00. The van der Waals surface area contributed by atoms with Crippen molar-refractivity contribution in [2.45, 2.75) is 38.2 Å². The number of ether oxygens (including phenoxy) is 1. The summed E-state index contributed by atoms with van der Waals surface area (Å²) >= 11 is 0. The minimum absolute atomic E-state index is 0.558. The zero-order valence-corrected chi connectivity index (χ0v) is 7.80. The Morgan fingerprint density at radius 2 is 1.92 bits per heavy atom. The first-order valence-electron chi connectivity index (χ1n) is 5.29. The van der Waals surface area contributed by atoms with E-state index in [2.05, 4.69) is 4.90 Å². The molecule has 2 saturated heterocycles. The van der Waals surface area contributed by atoms with E-state index in [0.717, 1.165) is 6.61 Å². The third-order valence-electron chi connectivity index (χ3n) is 2.93. The van der Waals surface area contributed by atoms with E-state index >= 15 is 0 Å². The molecule has 0 aromatic heterocycles. The van der Waals surface area contributed by atoms with Gasteiger partial charge in [0.2, 0.25) is 0 Å². The SMILES string of the molecule is C1CCN(C[C@@H]2CCCO2)CC1. The third kappa shape index (κ3) is 2.20. The topological polar surface area (TPSA) is 12.5 Å². The van der Waals surface area contributed by atoms with Crippen molar-refractivity contribution in [1.29, 1.82) is 0 Å². The van der Waals surface area contributed by atoms with Crippen LogP contribution in [-0.4, -0.2) is 37.2 Å². The van der Waals surface area contributed by atoms with E-state index < -0.39 is 0 Å². The minimum atomic E-state index is 0.558. The second kappa shape index (κ2) is 4.24. The van der Waals surface area contributed by atoms with Gasteiger partial charge in [0.1, 0.15) is 0 Å². The summed E-state index contributed by atoms with van der Waals surface area (Å²) in [6.07, 6.45) is 7.35. The number of hydrogen-bond acceptors (Lipinski definition) is 2.